The summed E-state index contributed by atoms with van der Waals surface area (Å²) in [4.78, 5) is 12.2. The quantitative estimate of drug-likeness (QED) is 0.727. The maximum atomic E-state index is 12.3. The van der Waals surface area contributed by atoms with E-state index in [1.807, 2.05) is 6.07 Å². The minimum Gasteiger partial charge on any atom is -0.451 e. The summed E-state index contributed by atoms with van der Waals surface area (Å²) in [6, 6.07) is 15.9. The molecule has 6 nitrogen and oxygen atoms in total. The van der Waals surface area contributed by atoms with Crippen LogP contribution in [0.15, 0.2) is 70.0 Å². The maximum Gasteiger partial charge on any atom is 0.291 e. The first-order valence-electron chi connectivity index (χ1n) is 7.13. The highest BCUT2D eigenvalue weighted by atomic mass is 35.5. The SMILES string of the molecule is NS(=O)(=O)c1cccc(NC(=O)c2ccc(-c3cccc(Cl)c3)o2)c1. The van der Waals surface area contributed by atoms with Gasteiger partial charge in [0.1, 0.15) is 5.76 Å². The fourth-order valence-corrected chi connectivity index (χ4v) is 2.95. The van der Waals surface area contributed by atoms with Crippen molar-refractivity contribution in [1.29, 1.82) is 0 Å². The summed E-state index contributed by atoms with van der Waals surface area (Å²) >= 11 is 5.94. The Morgan fingerprint density at radius 3 is 2.52 bits per heavy atom. The molecule has 0 spiro atoms. The largest absolute Gasteiger partial charge is 0.451 e. The third-order valence-corrected chi connectivity index (χ3v) is 4.51. The topological polar surface area (TPSA) is 102 Å². The molecule has 3 aromatic rings. The van der Waals surface area contributed by atoms with E-state index in [4.69, 9.17) is 21.2 Å². The van der Waals surface area contributed by atoms with Gasteiger partial charge in [-0.1, -0.05) is 29.8 Å². The fraction of sp³-hybridized carbons (Fsp3) is 0. The summed E-state index contributed by atoms with van der Waals surface area (Å²) in [5, 5.41) is 8.20. The lowest BCUT2D eigenvalue weighted by Gasteiger charge is -2.05. The predicted octanol–water partition coefficient (Wildman–Crippen LogP) is 3.50. The number of sulfonamides is 1. The van der Waals surface area contributed by atoms with Gasteiger partial charge in [-0.15, -0.1) is 0 Å². The van der Waals surface area contributed by atoms with Crippen molar-refractivity contribution in [3.8, 4) is 11.3 Å². The lowest BCUT2D eigenvalue weighted by atomic mass is 10.2. The van der Waals surface area contributed by atoms with E-state index in [2.05, 4.69) is 5.32 Å². The van der Waals surface area contributed by atoms with Crippen LogP contribution in [0.3, 0.4) is 0 Å². The Balaban J connectivity index is 1.81. The van der Waals surface area contributed by atoms with Crippen LogP contribution < -0.4 is 10.5 Å². The highest BCUT2D eigenvalue weighted by Gasteiger charge is 2.14. The number of hydrogen-bond acceptors (Lipinski definition) is 4. The molecule has 0 fully saturated rings. The Hall–Kier alpha value is -2.61. The average Bonchev–Trinajstić information content (AvgIpc) is 3.04. The summed E-state index contributed by atoms with van der Waals surface area (Å²) in [7, 11) is -3.85. The molecule has 1 aromatic heterocycles. The molecule has 0 aliphatic heterocycles. The third-order valence-electron chi connectivity index (χ3n) is 3.36. The van der Waals surface area contributed by atoms with Gasteiger partial charge in [0.15, 0.2) is 5.76 Å². The fourth-order valence-electron chi connectivity index (χ4n) is 2.20. The summed E-state index contributed by atoms with van der Waals surface area (Å²) in [6.07, 6.45) is 0. The number of hydrogen-bond donors (Lipinski definition) is 2. The van der Waals surface area contributed by atoms with Crippen molar-refractivity contribution < 1.29 is 17.6 Å². The lowest BCUT2D eigenvalue weighted by Crippen LogP contribution is -2.14. The smallest absolute Gasteiger partial charge is 0.291 e. The highest BCUT2D eigenvalue weighted by molar-refractivity contribution is 7.89. The van der Waals surface area contributed by atoms with E-state index in [1.165, 1.54) is 24.3 Å². The molecule has 3 N–H and O–H groups in total. The Labute approximate surface area is 149 Å². The van der Waals surface area contributed by atoms with Gasteiger partial charge in [-0.25, -0.2) is 13.6 Å². The van der Waals surface area contributed by atoms with E-state index < -0.39 is 15.9 Å². The van der Waals surface area contributed by atoms with Gasteiger partial charge < -0.3 is 9.73 Å². The van der Waals surface area contributed by atoms with E-state index in [9.17, 15) is 13.2 Å². The molecular formula is C17H13ClN2O4S. The van der Waals surface area contributed by atoms with Crippen molar-refractivity contribution >= 4 is 33.2 Å². The van der Waals surface area contributed by atoms with E-state index in [0.29, 0.717) is 10.8 Å². The molecular weight excluding hydrogens is 364 g/mol. The summed E-state index contributed by atoms with van der Waals surface area (Å²) in [5.41, 5.74) is 1.03. The van der Waals surface area contributed by atoms with Crippen LogP contribution in [0.1, 0.15) is 10.6 Å². The Morgan fingerprint density at radius 1 is 1.04 bits per heavy atom. The first kappa shape index (κ1) is 17.2. The molecule has 0 bridgehead atoms. The second-order valence-corrected chi connectivity index (χ2v) is 7.20. The number of primary sulfonamides is 1. The van der Waals surface area contributed by atoms with E-state index in [-0.39, 0.29) is 16.3 Å². The lowest BCUT2D eigenvalue weighted by molar-refractivity contribution is 0.0997. The number of furan rings is 1. The van der Waals surface area contributed by atoms with Gasteiger partial charge in [-0.2, -0.15) is 0 Å². The van der Waals surface area contributed by atoms with Gasteiger partial charge in [-0.05, 0) is 42.5 Å². The second kappa shape index (κ2) is 6.72. The molecule has 0 aliphatic rings. The van der Waals surface area contributed by atoms with Gasteiger partial charge in [0.2, 0.25) is 10.0 Å². The van der Waals surface area contributed by atoms with Crippen LogP contribution in [-0.2, 0) is 10.0 Å². The van der Waals surface area contributed by atoms with Crippen LogP contribution in [0.5, 0.6) is 0 Å². The average molecular weight is 377 g/mol. The van der Waals surface area contributed by atoms with Gasteiger partial charge >= 0.3 is 0 Å². The van der Waals surface area contributed by atoms with Crippen LogP contribution in [0.4, 0.5) is 5.69 Å². The van der Waals surface area contributed by atoms with Crippen molar-refractivity contribution in [3.63, 3.8) is 0 Å². The van der Waals surface area contributed by atoms with Crippen molar-refractivity contribution in [2.24, 2.45) is 5.14 Å². The zero-order chi connectivity index (χ0) is 18.0. The number of halogens is 1. The molecule has 128 valence electrons. The minimum atomic E-state index is -3.85. The van der Waals surface area contributed by atoms with Crippen molar-refractivity contribution in [1.82, 2.24) is 0 Å². The molecule has 0 saturated heterocycles. The van der Waals surface area contributed by atoms with Gasteiger partial charge in [0, 0.05) is 16.3 Å². The maximum absolute atomic E-state index is 12.3. The standard InChI is InChI=1S/C17H13ClN2O4S/c18-12-4-1-3-11(9-12)15-7-8-16(24-15)17(21)20-13-5-2-6-14(10-13)25(19,22)23/h1-10H,(H,20,21)(H2,19,22,23). The van der Waals surface area contributed by atoms with Crippen LogP contribution in [0.2, 0.25) is 5.02 Å². The normalized spacial score (nSPS) is 11.3. The highest BCUT2D eigenvalue weighted by Crippen LogP contribution is 2.25. The first-order chi connectivity index (χ1) is 11.8. The Morgan fingerprint density at radius 2 is 1.80 bits per heavy atom. The van der Waals surface area contributed by atoms with Crippen LogP contribution in [0.25, 0.3) is 11.3 Å². The molecule has 0 atom stereocenters. The zero-order valence-corrected chi connectivity index (χ0v) is 14.3. The molecule has 1 heterocycles. The van der Waals surface area contributed by atoms with Crippen LogP contribution in [-0.4, -0.2) is 14.3 Å². The molecule has 1 amide bonds. The number of carbonyl (C=O) groups is 1. The van der Waals surface area contributed by atoms with E-state index >= 15 is 0 Å². The van der Waals surface area contributed by atoms with Gasteiger partial charge in [0.05, 0.1) is 4.90 Å². The summed E-state index contributed by atoms with van der Waals surface area (Å²) in [5.74, 6) is 0.0572. The number of benzene rings is 2. The number of amides is 1. The molecule has 8 heteroatoms. The zero-order valence-electron chi connectivity index (χ0n) is 12.8. The van der Waals surface area contributed by atoms with Crippen molar-refractivity contribution in [2.45, 2.75) is 4.90 Å². The van der Waals surface area contributed by atoms with E-state index in [0.717, 1.165) is 5.56 Å². The Bertz CT molecular complexity index is 1040. The number of nitrogens with two attached hydrogens (primary N) is 1. The van der Waals surface area contributed by atoms with Crippen molar-refractivity contribution in [3.05, 3.63) is 71.4 Å². The predicted molar refractivity (Wildman–Crippen MR) is 94.9 cm³/mol. The number of anilines is 1. The molecule has 2 aromatic carbocycles. The second-order valence-electron chi connectivity index (χ2n) is 5.20. The molecule has 0 radical (unpaired) electrons. The number of nitrogens with one attached hydrogen (secondary N) is 1. The summed E-state index contributed by atoms with van der Waals surface area (Å²) < 4.78 is 28.3. The Kier molecular flexibility index (Phi) is 4.63. The molecule has 0 unspecified atom stereocenters. The molecule has 25 heavy (non-hydrogen) atoms. The molecule has 0 saturated carbocycles. The number of rotatable bonds is 4. The first-order valence-corrected chi connectivity index (χ1v) is 9.05. The summed E-state index contributed by atoms with van der Waals surface area (Å²) in [6.45, 7) is 0. The number of carbonyl (C=O) groups excluding carboxylic acids is 1. The minimum absolute atomic E-state index is 0.0796. The third kappa shape index (κ3) is 4.08. The van der Waals surface area contributed by atoms with Crippen LogP contribution >= 0.6 is 11.6 Å². The molecule has 3 rings (SSSR count). The van der Waals surface area contributed by atoms with Crippen molar-refractivity contribution in [2.75, 3.05) is 5.32 Å². The van der Waals surface area contributed by atoms with Gasteiger partial charge in [-0.3, -0.25) is 4.79 Å². The van der Waals surface area contributed by atoms with Crippen LogP contribution in [0, 0.1) is 0 Å². The molecule has 0 aliphatic carbocycles. The van der Waals surface area contributed by atoms with Gasteiger partial charge in [0.25, 0.3) is 5.91 Å². The monoisotopic (exact) mass is 376 g/mol. The van der Waals surface area contributed by atoms with E-state index in [1.54, 1.807) is 30.3 Å².